The van der Waals surface area contributed by atoms with Gasteiger partial charge in [0, 0.05) is 18.7 Å². The normalized spacial score (nSPS) is 16.4. The predicted molar refractivity (Wildman–Crippen MR) is 66.5 cm³/mol. The standard InChI is InChI=1S/C14H10FNO4/c15-10-2-1-5-16-13(10)19-9-4-3-8-6-12(14(17)18)20-11(8)7-9/h1-5,7,12H,6H2,(H,17,18). The minimum atomic E-state index is -1.01. The monoisotopic (exact) mass is 275 g/mol. The molecule has 1 aromatic heterocycles. The van der Waals surface area contributed by atoms with Crippen LogP contribution in [-0.2, 0) is 11.2 Å². The lowest BCUT2D eigenvalue weighted by atomic mass is 10.1. The molecule has 1 aliphatic rings. The minimum Gasteiger partial charge on any atom is -0.478 e. The molecule has 5 nitrogen and oxygen atoms in total. The zero-order valence-electron chi connectivity index (χ0n) is 10.2. The summed E-state index contributed by atoms with van der Waals surface area (Å²) < 4.78 is 24.0. The molecule has 1 atom stereocenters. The molecule has 3 rings (SSSR count). The number of hydrogen-bond donors (Lipinski definition) is 1. The van der Waals surface area contributed by atoms with Crippen LogP contribution in [0.15, 0.2) is 36.5 Å². The Balaban J connectivity index is 1.83. The van der Waals surface area contributed by atoms with Crippen LogP contribution in [0.1, 0.15) is 5.56 Å². The van der Waals surface area contributed by atoms with Crippen molar-refractivity contribution in [2.24, 2.45) is 0 Å². The summed E-state index contributed by atoms with van der Waals surface area (Å²) in [5.74, 6) is -0.948. The molecule has 0 saturated carbocycles. The van der Waals surface area contributed by atoms with E-state index in [9.17, 15) is 9.18 Å². The number of carboxylic acid groups (broad SMARTS) is 1. The van der Waals surface area contributed by atoms with Crippen LogP contribution in [0.2, 0.25) is 0 Å². The summed E-state index contributed by atoms with van der Waals surface area (Å²) in [6, 6.07) is 7.57. The molecule has 2 aromatic rings. The van der Waals surface area contributed by atoms with Crippen LogP contribution >= 0.6 is 0 Å². The lowest BCUT2D eigenvalue weighted by Crippen LogP contribution is -2.24. The summed E-state index contributed by atoms with van der Waals surface area (Å²) in [6.45, 7) is 0. The van der Waals surface area contributed by atoms with E-state index < -0.39 is 17.9 Å². The summed E-state index contributed by atoms with van der Waals surface area (Å²) in [7, 11) is 0. The summed E-state index contributed by atoms with van der Waals surface area (Å²) in [5, 5.41) is 8.91. The van der Waals surface area contributed by atoms with Crippen molar-refractivity contribution in [1.29, 1.82) is 0 Å². The highest BCUT2D eigenvalue weighted by Crippen LogP contribution is 2.34. The number of pyridine rings is 1. The molecule has 0 bridgehead atoms. The average molecular weight is 275 g/mol. The number of nitrogens with zero attached hydrogens (tertiary/aromatic N) is 1. The molecular formula is C14H10FNO4. The first-order chi connectivity index (χ1) is 9.63. The summed E-state index contributed by atoms with van der Waals surface area (Å²) in [5.41, 5.74) is 0.784. The molecule has 102 valence electrons. The number of aliphatic carboxylic acids is 1. The quantitative estimate of drug-likeness (QED) is 0.931. The molecule has 0 aliphatic carbocycles. The van der Waals surface area contributed by atoms with Crippen molar-refractivity contribution in [3.05, 3.63) is 47.9 Å². The second-order valence-electron chi connectivity index (χ2n) is 4.31. The van der Waals surface area contributed by atoms with Gasteiger partial charge in [0.2, 0.25) is 0 Å². The first-order valence-corrected chi connectivity index (χ1v) is 5.94. The Labute approximate surface area is 113 Å². The number of carboxylic acids is 1. The highest BCUT2D eigenvalue weighted by Gasteiger charge is 2.29. The molecule has 0 saturated heterocycles. The number of carbonyl (C=O) groups is 1. The van der Waals surface area contributed by atoms with Gasteiger partial charge in [0.05, 0.1) is 0 Å². The van der Waals surface area contributed by atoms with E-state index in [1.165, 1.54) is 24.4 Å². The van der Waals surface area contributed by atoms with E-state index in [1.807, 2.05) is 0 Å². The van der Waals surface area contributed by atoms with Crippen molar-refractivity contribution in [2.45, 2.75) is 12.5 Å². The van der Waals surface area contributed by atoms with Crippen LogP contribution in [0.4, 0.5) is 4.39 Å². The Bertz CT molecular complexity index is 674. The van der Waals surface area contributed by atoms with Gasteiger partial charge in [0.15, 0.2) is 11.9 Å². The Kier molecular flexibility index (Phi) is 2.98. The predicted octanol–water partition coefficient (Wildman–Crippen LogP) is 2.40. The highest BCUT2D eigenvalue weighted by atomic mass is 19.1. The fourth-order valence-corrected chi connectivity index (χ4v) is 1.97. The fourth-order valence-electron chi connectivity index (χ4n) is 1.97. The van der Waals surface area contributed by atoms with Crippen molar-refractivity contribution < 1.29 is 23.8 Å². The third-order valence-electron chi connectivity index (χ3n) is 2.93. The number of aromatic nitrogens is 1. The molecule has 0 radical (unpaired) electrons. The summed E-state index contributed by atoms with van der Waals surface area (Å²) in [4.78, 5) is 14.7. The van der Waals surface area contributed by atoms with Gasteiger partial charge in [-0.05, 0) is 23.8 Å². The topological polar surface area (TPSA) is 68.7 Å². The second-order valence-corrected chi connectivity index (χ2v) is 4.31. The average Bonchev–Trinajstić information content (AvgIpc) is 2.85. The van der Waals surface area contributed by atoms with Crippen molar-refractivity contribution in [2.75, 3.05) is 0 Å². The maximum Gasteiger partial charge on any atom is 0.345 e. The summed E-state index contributed by atoms with van der Waals surface area (Å²) >= 11 is 0. The van der Waals surface area contributed by atoms with Crippen LogP contribution in [-0.4, -0.2) is 22.2 Å². The van der Waals surface area contributed by atoms with Crippen LogP contribution in [0.25, 0.3) is 0 Å². The molecule has 0 fully saturated rings. The van der Waals surface area contributed by atoms with Crippen molar-refractivity contribution in [1.82, 2.24) is 4.98 Å². The van der Waals surface area contributed by atoms with E-state index in [0.717, 1.165) is 5.56 Å². The Hall–Kier alpha value is -2.63. The molecule has 1 aromatic carbocycles. The second kappa shape index (κ2) is 4.80. The van der Waals surface area contributed by atoms with Gasteiger partial charge >= 0.3 is 5.97 Å². The van der Waals surface area contributed by atoms with Gasteiger partial charge in [0.25, 0.3) is 5.88 Å². The molecule has 0 spiro atoms. The molecule has 0 amide bonds. The van der Waals surface area contributed by atoms with E-state index in [-0.39, 0.29) is 5.88 Å². The Morgan fingerprint density at radius 1 is 1.45 bits per heavy atom. The molecule has 1 unspecified atom stereocenters. The number of benzene rings is 1. The maximum atomic E-state index is 13.4. The lowest BCUT2D eigenvalue weighted by Gasteiger charge is -2.07. The maximum absolute atomic E-state index is 13.4. The molecule has 2 heterocycles. The first kappa shape index (κ1) is 12.4. The van der Waals surface area contributed by atoms with E-state index in [0.29, 0.717) is 17.9 Å². The lowest BCUT2D eigenvalue weighted by molar-refractivity contribution is -0.144. The van der Waals surface area contributed by atoms with E-state index >= 15 is 0 Å². The third kappa shape index (κ3) is 2.27. The van der Waals surface area contributed by atoms with Crippen molar-refractivity contribution >= 4 is 5.97 Å². The van der Waals surface area contributed by atoms with E-state index in [1.54, 1.807) is 12.1 Å². The number of ether oxygens (including phenoxy) is 2. The zero-order chi connectivity index (χ0) is 14.1. The number of hydrogen-bond acceptors (Lipinski definition) is 4. The van der Waals surface area contributed by atoms with E-state index in [2.05, 4.69) is 4.98 Å². The minimum absolute atomic E-state index is 0.139. The summed E-state index contributed by atoms with van der Waals surface area (Å²) in [6.07, 6.45) is 0.845. The van der Waals surface area contributed by atoms with Gasteiger partial charge in [-0.25, -0.2) is 14.2 Å². The number of rotatable bonds is 3. The zero-order valence-corrected chi connectivity index (χ0v) is 10.2. The third-order valence-corrected chi connectivity index (χ3v) is 2.93. The largest absolute Gasteiger partial charge is 0.478 e. The van der Waals surface area contributed by atoms with Crippen molar-refractivity contribution in [3.63, 3.8) is 0 Å². The molecule has 6 heteroatoms. The van der Waals surface area contributed by atoms with Crippen molar-refractivity contribution in [3.8, 4) is 17.4 Å². The van der Waals surface area contributed by atoms with Crippen LogP contribution in [0, 0.1) is 5.82 Å². The van der Waals surface area contributed by atoms with Crippen LogP contribution in [0.5, 0.6) is 17.4 Å². The van der Waals surface area contributed by atoms with E-state index in [4.69, 9.17) is 14.6 Å². The highest BCUT2D eigenvalue weighted by molar-refractivity contribution is 5.74. The molecule has 1 N–H and O–H groups in total. The fraction of sp³-hybridized carbons (Fsp3) is 0.143. The van der Waals surface area contributed by atoms with Gasteiger partial charge in [0.1, 0.15) is 11.5 Å². The molecular weight excluding hydrogens is 265 g/mol. The Morgan fingerprint density at radius 3 is 3.05 bits per heavy atom. The molecule has 20 heavy (non-hydrogen) atoms. The van der Waals surface area contributed by atoms with Crippen LogP contribution < -0.4 is 9.47 Å². The van der Waals surface area contributed by atoms with Gasteiger partial charge in [-0.3, -0.25) is 0 Å². The van der Waals surface area contributed by atoms with Gasteiger partial charge < -0.3 is 14.6 Å². The SMILES string of the molecule is O=C(O)C1Cc2ccc(Oc3ncccc3F)cc2O1. The number of halogens is 1. The smallest absolute Gasteiger partial charge is 0.345 e. The van der Waals surface area contributed by atoms with Gasteiger partial charge in [-0.15, -0.1) is 0 Å². The number of fused-ring (bicyclic) bond motifs is 1. The molecule has 1 aliphatic heterocycles. The van der Waals surface area contributed by atoms with Gasteiger partial charge in [-0.2, -0.15) is 0 Å². The van der Waals surface area contributed by atoms with Gasteiger partial charge in [-0.1, -0.05) is 6.07 Å². The van der Waals surface area contributed by atoms with Crippen LogP contribution in [0.3, 0.4) is 0 Å². The Morgan fingerprint density at radius 2 is 2.30 bits per heavy atom. The first-order valence-electron chi connectivity index (χ1n) is 5.94.